The SMILES string of the molecule is CC[C@H](CO)NC(=O)c1n[nH]c2ccc(N)cc12. The topological polar surface area (TPSA) is 104 Å². The summed E-state index contributed by atoms with van der Waals surface area (Å²) in [6.45, 7) is 1.80. The van der Waals surface area contributed by atoms with Gasteiger partial charge in [-0.1, -0.05) is 6.92 Å². The summed E-state index contributed by atoms with van der Waals surface area (Å²) < 4.78 is 0. The van der Waals surface area contributed by atoms with Crippen LogP contribution in [0.25, 0.3) is 10.9 Å². The van der Waals surface area contributed by atoms with Crippen LogP contribution in [0.1, 0.15) is 23.8 Å². The molecule has 2 rings (SSSR count). The molecule has 0 unspecified atom stereocenters. The van der Waals surface area contributed by atoms with Crippen molar-refractivity contribution >= 4 is 22.5 Å². The van der Waals surface area contributed by atoms with Gasteiger partial charge in [0.15, 0.2) is 5.69 Å². The molecule has 5 N–H and O–H groups in total. The highest BCUT2D eigenvalue weighted by Crippen LogP contribution is 2.18. The van der Waals surface area contributed by atoms with Gasteiger partial charge in [0.25, 0.3) is 5.91 Å². The van der Waals surface area contributed by atoms with E-state index in [-0.39, 0.29) is 18.6 Å². The minimum absolute atomic E-state index is 0.0905. The third-order valence-electron chi connectivity index (χ3n) is 2.85. The van der Waals surface area contributed by atoms with Gasteiger partial charge < -0.3 is 16.2 Å². The summed E-state index contributed by atoms with van der Waals surface area (Å²) in [7, 11) is 0. The highest BCUT2D eigenvalue weighted by Gasteiger charge is 2.17. The smallest absolute Gasteiger partial charge is 0.272 e. The Kier molecular flexibility index (Phi) is 3.47. The second kappa shape index (κ2) is 5.05. The molecule has 0 saturated carbocycles. The molecular weight excluding hydrogens is 232 g/mol. The molecule has 0 fully saturated rings. The number of aromatic nitrogens is 2. The van der Waals surface area contributed by atoms with Crippen molar-refractivity contribution in [1.29, 1.82) is 0 Å². The number of carbonyl (C=O) groups excluding carboxylic acids is 1. The van der Waals surface area contributed by atoms with Gasteiger partial charge in [-0.2, -0.15) is 5.10 Å². The largest absolute Gasteiger partial charge is 0.399 e. The summed E-state index contributed by atoms with van der Waals surface area (Å²) in [6, 6.07) is 4.96. The number of aliphatic hydroxyl groups excluding tert-OH is 1. The molecule has 1 atom stereocenters. The normalized spacial score (nSPS) is 12.6. The Balaban J connectivity index is 2.30. The zero-order chi connectivity index (χ0) is 13.1. The molecule has 0 aliphatic rings. The van der Waals surface area contributed by atoms with Crippen molar-refractivity contribution in [3.8, 4) is 0 Å². The van der Waals surface area contributed by atoms with Gasteiger partial charge in [0, 0.05) is 11.1 Å². The van der Waals surface area contributed by atoms with Crippen LogP contribution in [0.15, 0.2) is 18.2 Å². The molecule has 0 aliphatic carbocycles. The first-order valence-electron chi connectivity index (χ1n) is 5.81. The Hall–Kier alpha value is -2.08. The van der Waals surface area contributed by atoms with Crippen LogP contribution >= 0.6 is 0 Å². The number of aliphatic hydroxyl groups is 1. The first kappa shape index (κ1) is 12.4. The Morgan fingerprint density at radius 3 is 3.06 bits per heavy atom. The van der Waals surface area contributed by atoms with E-state index >= 15 is 0 Å². The maximum Gasteiger partial charge on any atom is 0.272 e. The molecule has 1 aromatic heterocycles. The Bertz CT molecular complexity index is 560. The van der Waals surface area contributed by atoms with Crippen molar-refractivity contribution < 1.29 is 9.90 Å². The van der Waals surface area contributed by atoms with Crippen LogP contribution in [0, 0.1) is 0 Å². The van der Waals surface area contributed by atoms with Gasteiger partial charge in [0.2, 0.25) is 0 Å². The third kappa shape index (κ3) is 2.28. The molecule has 0 spiro atoms. The lowest BCUT2D eigenvalue weighted by atomic mass is 10.1. The molecule has 6 heteroatoms. The van der Waals surface area contributed by atoms with Crippen molar-refractivity contribution in [2.45, 2.75) is 19.4 Å². The summed E-state index contributed by atoms with van der Waals surface area (Å²) in [5, 5.41) is 19.2. The summed E-state index contributed by atoms with van der Waals surface area (Å²) in [4.78, 5) is 12.0. The average molecular weight is 248 g/mol. The van der Waals surface area contributed by atoms with Crippen molar-refractivity contribution in [2.24, 2.45) is 0 Å². The van der Waals surface area contributed by atoms with Crippen molar-refractivity contribution in [3.63, 3.8) is 0 Å². The van der Waals surface area contributed by atoms with Crippen LogP contribution in [0.5, 0.6) is 0 Å². The number of carbonyl (C=O) groups is 1. The molecule has 1 aromatic carbocycles. The van der Waals surface area contributed by atoms with E-state index in [1.807, 2.05) is 6.92 Å². The lowest BCUT2D eigenvalue weighted by Gasteiger charge is -2.12. The maximum atomic E-state index is 12.0. The summed E-state index contributed by atoms with van der Waals surface area (Å²) in [5.74, 6) is -0.312. The van der Waals surface area contributed by atoms with Crippen LogP contribution in [0.2, 0.25) is 0 Å². The van der Waals surface area contributed by atoms with E-state index in [1.165, 1.54) is 0 Å². The molecule has 0 bridgehead atoms. The predicted octanol–water partition coefficient (Wildman–Crippen LogP) is 0.646. The number of nitrogens with two attached hydrogens (primary N) is 1. The zero-order valence-electron chi connectivity index (χ0n) is 10.1. The lowest BCUT2D eigenvalue weighted by Crippen LogP contribution is -2.37. The number of rotatable bonds is 4. The minimum atomic E-state index is -0.312. The van der Waals surface area contributed by atoms with E-state index < -0.39 is 0 Å². The van der Waals surface area contributed by atoms with E-state index in [9.17, 15) is 4.79 Å². The minimum Gasteiger partial charge on any atom is -0.399 e. The van der Waals surface area contributed by atoms with Gasteiger partial charge in [-0.25, -0.2) is 0 Å². The molecule has 0 radical (unpaired) electrons. The highest BCUT2D eigenvalue weighted by molar-refractivity contribution is 6.05. The first-order chi connectivity index (χ1) is 8.65. The predicted molar refractivity (Wildman–Crippen MR) is 69.1 cm³/mol. The van der Waals surface area contributed by atoms with Gasteiger partial charge in [-0.3, -0.25) is 9.89 Å². The number of fused-ring (bicyclic) bond motifs is 1. The molecular formula is C12H16N4O2. The number of nitrogens with zero attached hydrogens (tertiary/aromatic N) is 1. The van der Waals surface area contributed by atoms with E-state index in [0.29, 0.717) is 23.2 Å². The number of aromatic amines is 1. The van der Waals surface area contributed by atoms with Crippen molar-refractivity contribution in [3.05, 3.63) is 23.9 Å². The van der Waals surface area contributed by atoms with Crippen molar-refractivity contribution in [1.82, 2.24) is 15.5 Å². The Labute approximate surface area is 104 Å². The summed E-state index contributed by atoms with van der Waals surface area (Å²) >= 11 is 0. The Morgan fingerprint density at radius 2 is 2.39 bits per heavy atom. The second-order valence-corrected chi connectivity index (χ2v) is 4.14. The van der Waals surface area contributed by atoms with Crippen LogP contribution in [-0.2, 0) is 0 Å². The molecule has 2 aromatic rings. The molecule has 1 heterocycles. The van der Waals surface area contributed by atoms with Gasteiger partial charge in [0.05, 0.1) is 18.2 Å². The van der Waals surface area contributed by atoms with E-state index in [4.69, 9.17) is 10.8 Å². The van der Waals surface area contributed by atoms with Crippen LogP contribution in [0.4, 0.5) is 5.69 Å². The third-order valence-corrected chi connectivity index (χ3v) is 2.85. The molecule has 96 valence electrons. The monoisotopic (exact) mass is 248 g/mol. The van der Waals surface area contributed by atoms with Gasteiger partial charge in [-0.05, 0) is 24.6 Å². The molecule has 18 heavy (non-hydrogen) atoms. The fraction of sp³-hybridized carbons (Fsp3) is 0.333. The number of nitrogens with one attached hydrogen (secondary N) is 2. The van der Waals surface area contributed by atoms with Crippen LogP contribution in [0.3, 0.4) is 0 Å². The molecule has 0 aliphatic heterocycles. The van der Waals surface area contributed by atoms with E-state index in [2.05, 4.69) is 15.5 Å². The van der Waals surface area contributed by atoms with E-state index in [0.717, 1.165) is 5.52 Å². The number of benzene rings is 1. The van der Waals surface area contributed by atoms with Crippen LogP contribution < -0.4 is 11.1 Å². The zero-order valence-corrected chi connectivity index (χ0v) is 10.1. The van der Waals surface area contributed by atoms with Gasteiger partial charge in [-0.15, -0.1) is 0 Å². The van der Waals surface area contributed by atoms with Crippen LogP contribution in [-0.4, -0.2) is 33.9 Å². The number of hydrogen-bond acceptors (Lipinski definition) is 4. The van der Waals surface area contributed by atoms with Gasteiger partial charge in [0.1, 0.15) is 0 Å². The fourth-order valence-corrected chi connectivity index (χ4v) is 1.74. The lowest BCUT2D eigenvalue weighted by molar-refractivity contribution is 0.0911. The second-order valence-electron chi connectivity index (χ2n) is 4.14. The number of H-pyrrole nitrogens is 1. The van der Waals surface area contributed by atoms with E-state index in [1.54, 1.807) is 18.2 Å². The fourth-order valence-electron chi connectivity index (χ4n) is 1.74. The number of nitrogen functional groups attached to an aromatic ring is 1. The maximum absolute atomic E-state index is 12.0. The molecule has 6 nitrogen and oxygen atoms in total. The van der Waals surface area contributed by atoms with Crippen molar-refractivity contribution in [2.75, 3.05) is 12.3 Å². The number of amides is 1. The quantitative estimate of drug-likeness (QED) is 0.596. The molecule has 1 amide bonds. The summed E-state index contributed by atoms with van der Waals surface area (Å²) in [5.41, 5.74) is 7.32. The molecule has 0 saturated heterocycles. The Morgan fingerprint density at radius 1 is 1.61 bits per heavy atom. The standard InChI is InChI=1S/C12H16N4O2/c1-2-8(6-17)14-12(18)11-9-5-7(13)3-4-10(9)15-16-11/h3-5,8,17H,2,6,13H2,1H3,(H,14,18)(H,15,16)/t8-/m1/s1. The summed E-state index contributed by atoms with van der Waals surface area (Å²) in [6.07, 6.45) is 0.659. The number of anilines is 1. The number of hydrogen-bond donors (Lipinski definition) is 4. The highest BCUT2D eigenvalue weighted by atomic mass is 16.3. The average Bonchev–Trinajstić information content (AvgIpc) is 2.78. The van der Waals surface area contributed by atoms with Gasteiger partial charge >= 0.3 is 0 Å². The first-order valence-corrected chi connectivity index (χ1v) is 5.81.